The molecule has 2 aliphatic rings. The number of oxime groups is 1. The number of amides is 2. The molecule has 2 aliphatic heterocycles. The van der Waals surface area contributed by atoms with Crippen molar-refractivity contribution in [3.63, 3.8) is 0 Å². The van der Waals surface area contributed by atoms with E-state index in [1.54, 1.807) is 36.4 Å². The van der Waals surface area contributed by atoms with E-state index in [0.717, 1.165) is 4.90 Å². The average Bonchev–Trinajstić information content (AvgIpc) is 3.22. The number of Topliss-reactive ketones (excluding diaryl/α,β-unsaturated/α-hetero) is 1. The maximum absolute atomic E-state index is 12.9. The van der Waals surface area contributed by atoms with Crippen molar-refractivity contribution in [2.75, 3.05) is 12.0 Å². The van der Waals surface area contributed by atoms with Gasteiger partial charge in [-0.05, 0) is 48.5 Å². The molecule has 0 N–H and O–H groups in total. The number of fused-ring (bicyclic) bond motifs is 1. The van der Waals surface area contributed by atoms with Gasteiger partial charge in [0.1, 0.15) is 17.4 Å². The first-order chi connectivity index (χ1) is 13.0. The molecule has 2 heterocycles. The monoisotopic (exact) mass is 384 g/mol. The second-order valence-electron chi connectivity index (χ2n) is 6.03. The van der Waals surface area contributed by atoms with Crippen molar-refractivity contribution in [3.05, 3.63) is 59.1 Å². The third-order valence-corrected chi connectivity index (χ3v) is 4.73. The number of benzene rings is 2. The van der Waals surface area contributed by atoms with Crippen LogP contribution in [0, 0.1) is 5.92 Å². The second-order valence-corrected chi connectivity index (χ2v) is 6.46. The first kappa shape index (κ1) is 17.2. The maximum Gasteiger partial charge on any atom is 0.278 e. The number of ether oxygens (including phenoxy) is 1. The van der Waals surface area contributed by atoms with Gasteiger partial charge in [0.15, 0.2) is 0 Å². The molecule has 1 fully saturated rings. The van der Waals surface area contributed by atoms with E-state index < -0.39 is 29.6 Å². The Morgan fingerprint density at radius 3 is 2.37 bits per heavy atom. The Balaban J connectivity index is 1.63. The van der Waals surface area contributed by atoms with Gasteiger partial charge in [-0.2, -0.15) is 0 Å². The number of ketones is 1. The van der Waals surface area contributed by atoms with Crippen molar-refractivity contribution >= 4 is 40.6 Å². The Hall–Kier alpha value is -3.19. The lowest BCUT2D eigenvalue weighted by Gasteiger charge is -2.15. The molecule has 0 spiro atoms. The van der Waals surface area contributed by atoms with Crippen LogP contribution in [0.1, 0.15) is 10.4 Å². The molecule has 0 saturated carbocycles. The van der Waals surface area contributed by atoms with Crippen LogP contribution in [-0.4, -0.2) is 36.5 Å². The van der Waals surface area contributed by atoms with E-state index in [-0.39, 0.29) is 5.71 Å². The molecular weight excluding hydrogens is 372 g/mol. The minimum atomic E-state index is -1.13. The predicted octanol–water partition coefficient (Wildman–Crippen LogP) is 2.48. The summed E-state index contributed by atoms with van der Waals surface area (Å²) in [6.07, 6.45) is -1.13. The van der Waals surface area contributed by atoms with Crippen LogP contribution in [0.25, 0.3) is 0 Å². The molecule has 7 nitrogen and oxygen atoms in total. The summed E-state index contributed by atoms with van der Waals surface area (Å²) in [5.74, 6) is -2.05. The molecule has 0 aliphatic carbocycles. The summed E-state index contributed by atoms with van der Waals surface area (Å²) < 4.78 is 5.08. The van der Waals surface area contributed by atoms with Gasteiger partial charge < -0.3 is 9.57 Å². The summed E-state index contributed by atoms with van der Waals surface area (Å²) in [6.45, 7) is 0. The van der Waals surface area contributed by atoms with Crippen molar-refractivity contribution in [1.29, 1.82) is 0 Å². The highest BCUT2D eigenvalue weighted by molar-refractivity contribution is 6.52. The van der Waals surface area contributed by atoms with Crippen LogP contribution >= 0.6 is 11.6 Å². The third-order valence-electron chi connectivity index (χ3n) is 4.48. The van der Waals surface area contributed by atoms with Crippen LogP contribution in [0.4, 0.5) is 5.69 Å². The van der Waals surface area contributed by atoms with E-state index in [1.807, 2.05) is 0 Å². The van der Waals surface area contributed by atoms with Gasteiger partial charge in [0.2, 0.25) is 17.8 Å². The van der Waals surface area contributed by atoms with Gasteiger partial charge in [-0.3, -0.25) is 14.4 Å². The van der Waals surface area contributed by atoms with Gasteiger partial charge in [0.05, 0.1) is 12.8 Å². The van der Waals surface area contributed by atoms with E-state index in [0.29, 0.717) is 22.0 Å². The SMILES string of the molecule is COc1ccc(N2C(=O)C3ON=C(C(=O)c4ccc(Cl)cc4)C3C2=O)cc1. The van der Waals surface area contributed by atoms with E-state index in [2.05, 4.69) is 5.16 Å². The number of carbonyl (C=O) groups excluding carboxylic acids is 3. The van der Waals surface area contributed by atoms with E-state index in [1.165, 1.54) is 19.2 Å². The molecule has 2 aromatic carbocycles. The molecule has 8 heteroatoms. The lowest BCUT2D eigenvalue weighted by Crippen LogP contribution is -2.34. The van der Waals surface area contributed by atoms with Crippen molar-refractivity contribution in [3.8, 4) is 5.75 Å². The lowest BCUT2D eigenvalue weighted by atomic mass is 9.93. The number of nitrogens with zero attached hydrogens (tertiary/aromatic N) is 2. The molecule has 0 radical (unpaired) electrons. The Kier molecular flexibility index (Phi) is 4.16. The summed E-state index contributed by atoms with van der Waals surface area (Å²) >= 11 is 5.84. The van der Waals surface area contributed by atoms with Crippen LogP contribution in [0.15, 0.2) is 53.7 Å². The zero-order valence-corrected chi connectivity index (χ0v) is 14.8. The summed E-state index contributed by atoms with van der Waals surface area (Å²) in [6, 6.07) is 12.6. The second kappa shape index (κ2) is 6.51. The molecule has 2 atom stereocenters. The van der Waals surface area contributed by atoms with Crippen molar-refractivity contribution < 1.29 is 24.0 Å². The summed E-state index contributed by atoms with van der Waals surface area (Å²) in [7, 11) is 1.52. The molecule has 0 aromatic heterocycles. The fourth-order valence-electron chi connectivity index (χ4n) is 3.10. The van der Waals surface area contributed by atoms with Gasteiger partial charge in [0, 0.05) is 10.6 Å². The fourth-order valence-corrected chi connectivity index (χ4v) is 3.23. The zero-order valence-electron chi connectivity index (χ0n) is 14.1. The summed E-state index contributed by atoms with van der Waals surface area (Å²) in [5.41, 5.74) is 0.601. The molecule has 2 unspecified atom stereocenters. The molecule has 1 saturated heterocycles. The lowest BCUT2D eigenvalue weighted by molar-refractivity contribution is -0.126. The normalized spacial score (nSPS) is 21.0. The van der Waals surface area contributed by atoms with Gasteiger partial charge in [0.25, 0.3) is 5.91 Å². The van der Waals surface area contributed by atoms with Gasteiger partial charge in [-0.25, -0.2) is 4.90 Å². The van der Waals surface area contributed by atoms with Crippen LogP contribution < -0.4 is 9.64 Å². The van der Waals surface area contributed by atoms with E-state index in [4.69, 9.17) is 21.2 Å². The van der Waals surface area contributed by atoms with Crippen LogP contribution in [0.3, 0.4) is 0 Å². The summed E-state index contributed by atoms with van der Waals surface area (Å²) in [5, 5.41) is 4.20. The Morgan fingerprint density at radius 2 is 1.74 bits per heavy atom. The largest absolute Gasteiger partial charge is 0.497 e. The molecule has 2 aromatic rings. The smallest absolute Gasteiger partial charge is 0.278 e. The quantitative estimate of drug-likeness (QED) is 0.597. The Labute approximate surface area is 159 Å². The molecule has 4 rings (SSSR count). The number of anilines is 1. The van der Waals surface area contributed by atoms with E-state index >= 15 is 0 Å². The Morgan fingerprint density at radius 1 is 1.07 bits per heavy atom. The number of imide groups is 1. The van der Waals surface area contributed by atoms with Gasteiger partial charge in [-0.1, -0.05) is 16.8 Å². The Bertz CT molecular complexity index is 969. The average molecular weight is 385 g/mol. The van der Waals surface area contributed by atoms with Crippen molar-refractivity contribution in [2.24, 2.45) is 11.1 Å². The zero-order chi connectivity index (χ0) is 19.1. The first-order valence-corrected chi connectivity index (χ1v) is 8.45. The highest BCUT2D eigenvalue weighted by atomic mass is 35.5. The summed E-state index contributed by atoms with van der Waals surface area (Å²) in [4.78, 5) is 44.4. The van der Waals surface area contributed by atoms with Crippen LogP contribution in [0.5, 0.6) is 5.75 Å². The van der Waals surface area contributed by atoms with Gasteiger partial charge >= 0.3 is 0 Å². The number of hydrogen-bond acceptors (Lipinski definition) is 6. The molecule has 2 amide bonds. The number of halogens is 1. The first-order valence-electron chi connectivity index (χ1n) is 8.07. The minimum absolute atomic E-state index is 0.0864. The van der Waals surface area contributed by atoms with Crippen LogP contribution in [-0.2, 0) is 14.4 Å². The van der Waals surface area contributed by atoms with Crippen LogP contribution in [0.2, 0.25) is 5.02 Å². The fraction of sp³-hybridized carbons (Fsp3) is 0.158. The predicted molar refractivity (Wildman–Crippen MR) is 97.1 cm³/mol. The number of carbonyl (C=O) groups is 3. The molecule has 0 bridgehead atoms. The maximum atomic E-state index is 12.9. The highest BCUT2D eigenvalue weighted by Gasteiger charge is 2.57. The topological polar surface area (TPSA) is 85.3 Å². The van der Waals surface area contributed by atoms with E-state index in [9.17, 15) is 14.4 Å². The van der Waals surface area contributed by atoms with Crippen molar-refractivity contribution in [2.45, 2.75) is 6.10 Å². The molecule has 27 heavy (non-hydrogen) atoms. The minimum Gasteiger partial charge on any atom is -0.497 e. The molecular formula is C19H13ClN2O5. The number of methoxy groups -OCH3 is 1. The molecule has 136 valence electrons. The van der Waals surface area contributed by atoms with Crippen molar-refractivity contribution in [1.82, 2.24) is 0 Å². The third kappa shape index (κ3) is 2.76. The standard InChI is InChI=1S/C19H13ClN2O5/c1-26-13-8-6-12(7-9-13)22-18(24)14-15(21-27-17(14)19(22)25)16(23)10-2-4-11(20)5-3-10/h2-9,14,17H,1H3. The highest BCUT2D eigenvalue weighted by Crippen LogP contribution is 2.34. The number of rotatable bonds is 4. The van der Waals surface area contributed by atoms with Gasteiger partial charge in [-0.15, -0.1) is 0 Å². The number of hydrogen-bond donors (Lipinski definition) is 0.